The van der Waals surface area contributed by atoms with Gasteiger partial charge in [-0.25, -0.2) is 15.4 Å². The zero-order valence-electron chi connectivity index (χ0n) is 17.7. The van der Waals surface area contributed by atoms with Crippen molar-refractivity contribution in [2.24, 2.45) is 12.1 Å². The van der Waals surface area contributed by atoms with E-state index in [1.807, 2.05) is 57.3 Å². The van der Waals surface area contributed by atoms with E-state index < -0.39 is 0 Å². The van der Waals surface area contributed by atoms with Crippen molar-refractivity contribution in [3.05, 3.63) is 77.6 Å². The van der Waals surface area contributed by atoms with E-state index in [1.165, 1.54) is 11.8 Å². The molecule has 2 heterocycles. The van der Waals surface area contributed by atoms with E-state index in [0.717, 1.165) is 39.1 Å². The number of aryl methyl sites for hydroxylation is 3. The molecule has 31 heavy (non-hydrogen) atoms. The second-order valence-corrected chi connectivity index (χ2v) is 8.16. The predicted octanol–water partition coefficient (Wildman–Crippen LogP) is 4.49. The van der Waals surface area contributed by atoms with Crippen LogP contribution in [0.4, 0.5) is 0 Å². The number of hydrogen-bond acceptors (Lipinski definition) is 5. The highest BCUT2D eigenvalue weighted by molar-refractivity contribution is 7.99. The van der Waals surface area contributed by atoms with Gasteiger partial charge >= 0.3 is 0 Å². The molecule has 2 aromatic carbocycles. The average molecular weight is 430 g/mol. The Morgan fingerprint density at radius 1 is 1.06 bits per heavy atom. The molecule has 0 spiro atoms. The molecule has 1 amide bonds. The molecular formula is C24H23N5OS. The van der Waals surface area contributed by atoms with Crippen molar-refractivity contribution in [1.82, 2.24) is 20.0 Å². The normalized spacial score (nSPS) is 11.3. The molecule has 0 saturated heterocycles. The molecule has 0 saturated carbocycles. The largest absolute Gasteiger partial charge is 0.343 e. The summed E-state index contributed by atoms with van der Waals surface area (Å²) in [5, 5.41) is 5.92. The average Bonchev–Trinajstić information content (AvgIpc) is 3.04. The summed E-state index contributed by atoms with van der Waals surface area (Å²) in [7, 11) is 2.04. The molecule has 0 aliphatic heterocycles. The second kappa shape index (κ2) is 9.14. The predicted molar refractivity (Wildman–Crippen MR) is 126 cm³/mol. The monoisotopic (exact) mass is 429 g/mol. The molecular weight excluding hydrogens is 406 g/mol. The molecule has 156 valence electrons. The fourth-order valence-corrected chi connectivity index (χ4v) is 4.33. The summed E-state index contributed by atoms with van der Waals surface area (Å²) < 4.78 is 2.15. The van der Waals surface area contributed by atoms with Crippen LogP contribution in [0.5, 0.6) is 0 Å². The Morgan fingerprint density at radius 3 is 2.48 bits per heavy atom. The van der Waals surface area contributed by atoms with Crippen molar-refractivity contribution in [2.75, 3.05) is 5.75 Å². The molecule has 1 N–H and O–H groups in total. The summed E-state index contributed by atoms with van der Waals surface area (Å²) in [6, 6.07) is 20.3. The number of carbonyl (C=O) groups excluding carboxylic acids is 1. The molecule has 0 radical (unpaired) electrons. The third kappa shape index (κ3) is 4.67. The van der Waals surface area contributed by atoms with Gasteiger partial charge in [0.1, 0.15) is 0 Å². The Balaban J connectivity index is 1.53. The topological polar surface area (TPSA) is 72.2 Å². The Morgan fingerprint density at radius 2 is 1.74 bits per heavy atom. The number of hydrazone groups is 1. The maximum absolute atomic E-state index is 12.3. The fourth-order valence-electron chi connectivity index (χ4n) is 3.59. The van der Waals surface area contributed by atoms with Crippen LogP contribution < -0.4 is 5.43 Å². The number of amides is 1. The van der Waals surface area contributed by atoms with Crippen molar-refractivity contribution in [3.8, 4) is 11.3 Å². The van der Waals surface area contributed by atoms with Crippen LogP contribution >= 0.6 is 11.8 Å². The van der Waals surface area contributed by atoms with Crippen molar-refractivity contribution >= 4 is 34.8 Å². The van der Waals surface area contributed by atoms with E-state index >= 15 is 0 Å². The Bertz CT molecular complexity index is 1240. The van der Waals surface area contributed by atoms with Crippen LogP contribution in [0.25, 0.3) is 22.2 Å². The Kier molecular flexibility index (Phi) is 6.13. The smallest absolute Gasteiger partial charge is 0.250 e. The lowest BCUT2D eigenvalue weighted by Crippen LogP contribution is -2.19. The molecule has 6 nitrogen and oxygen atoms in total. The van der Waals surface area contributed by atoms with Crippen molar-refractivity contribution in [2.45, 2.75) is 19.0 Å². The highest BCUT2D eigenvalue weighted by Crippen LogP contribution is 2.31. The number of nitrogens with zero attached hydrogens (tertiary/aromatic N) is 4. The SMILES string of the molecule is Cc1cc(C)nc(SCC(=O)N/N=C/c2c(-c3ccccc3)n(C)c3ccccc23)n1. The van der Waals surface area contributed by atoms with E-state index in [1.54, 1.807) is 6.21 Å². The summed E-state index contributed by atoms with van der Waals surface area (Å²) in [5.74, 6) is -0.00749. The maximum Gasteiger partial charge on any atom is 0.250 e. The van der Waals surface area contributed by atoms with E-state index in [-0.39, 0.29) is 11.7 Å². The molecule has 0 atom stereocenters. The quantitative estimate of drug-likeness (QED) is 0.212. The third-order valence-electron chi connectivity index (χ3n) is 4.87. The first kappa shape index (κ1) is 20.8. The zero-order chi connectivity index (χ0) is 21.8. The van der Waals surface area contributed by atoms with Gasteiger partial charge in [0.15, 0.2) is 5.16 Å². The first-order valence-corrected chi connectivity index (χ1v) is 10.9. The summed E-state index contributed by atoms with van der Waals surface area (Å²) in [5.41, 5.74) is 8.62. The van der Waals surface area contributed by atoms with Gasteiger partial charge in [0.25, 0.3) is 5.91 Å². The van der Waals surface area contributed by atoms with Crippen molar-refractivity contribution < 1.29 is 4.79 Å². The van der Waals surface area contributed by atoms with Gasteiger partial charge in [0.2, 0.25) is 0 Å². The molecule has 0 aliphatic carbocycles. The van der Waals surface area contributed by atoms with Crippen molar-refractivity contribution in [3.63, 3.8) is 0 Å². The molecule has 4 rings (SSSR count). The second-order valence-electron chi connectivity index (χ2n) is 7.22. The lowest BCUT2D eigenvalue weighted by atomic mass is 10.1. The van der Waals surface area contributed by atoms with Crippen molar-refractivity contribution in [1.29, 1.82) is 0 Å². The minimum absolute atomic E-state index is 0.196. The van der Waals surface area contributed by atoms with Gasteiger partial charge in [0.05, 0.1) is 17.7 Å². The number of thioether (sulfide) groups is 1. The Labute approximate surface area is 185 Å². The molecule has 0 bridgehead atoms. The van der Waals surface area contributed by atoms with E-state index in [2.05, 4.69) is 49.3 Å². The first-order chi connectivity index (χ1) is 15.0. The van der Waals surface area contributed by atoms with Crippen LogP contribution in [0, 0.1) is 13.8 Å². The van der Waals surface area contributed by atoms with Gasteiger partial charge < -0.3 is 4.57 Å². The standard InChI is InChI=1S/C24H23N5OS/c1-16-13-17(2)27-24(26-16)31-15-22(30)28-25-14-20-19-11-7-8-12-21(19)29(3)23(20)18-9-5-4-6-10-18/h4-14H,15H2,1-3H3,(H,28,30)/b25-14+. The van der Waals surface area contributed by atoms with E-state index in [4.69, 9.17) is 0 Å². The van der Waals surface area contributed by atoms with E-state index in [9.17, 15) is 4.79 Å². The van der Waals surface area contributed by atoms with Crippen LogP contribution in [0.3, 0.4) is 0 Å². The van der Waals surface area contributed by atoms with Crippen LogP contribution in [0.15, 0.2) is 70.9 Å². The number of fused-ring (bicyclic) bond motifs is 1. The third-order valence-corrected chi connectivity index (χ3v) is 5.72. The number of aromatic nitrogens is 3. The van der Waals surface area contributed by atoms with Crippen LogP contribution in [-0.4, -0.2) is 32.4 Å². The number of nitrogens with one attached hydrogen (secondary N) is 1. The van der Waals surface area contributed by atoms with Crippen LogP contribution in [0.1, 0.15) is 17.0 Å². The van der Waals surface area contributed by atoms with Gasteiger partial charge in [-0.05, 0) is 31.5 Å². The lowest BCUT2D eigenvalue weighted by Gasteiger charge is -2.06. The molecule has 4 aromatic rings. The summed E-state index contributed by atoms with van der Waals surface area (Å²) in [6.45, 7) is 3.83. The Hall–Kier alpha value is -3.45. The fraction of sp³-hybridized carbons (Fsp3) is 0.167. The summed E-state index contributed by atoms with van der Waals surface area (Å²) >= 11 is 1.30. The lowest BCUT2D eigenvalue weighted by molar-refractivity contribution is -0.118. The number of hydrogen-bond donors (Lipinski definition) is 1. The molecule has 0 aliphatic rings. The molecule has 7 heteroatoms. The molecule has 2 aromatic heterocycles. The number of rotatable bonds is 6. The van der Waals surface area contributed by atoms with E-state index in [0.29, 0.717) is 5.16 Å². The number of benzene rings is 2. The van der Waals surface area contributed by atoms with Gasteiger partial charge in [-0.2, -0.15) is 5.10 Å². The van der Waals surface area contributed by atoms with Crippen LogP contribution in [-0.2, 0) is 11.8 Å². The first-order valence-electron chi connectivity index (χ1n) is 9.93. The minimum Gasteiger partial charge on any atom is -0.343 e. The summed E-state index contributed by atoms with van der Waals surface area (Å²) in [6.07, 6.45) is 1.72. The zero-order valence-corrected chi connectivity index (χ0v) is 18.5. The van der Waals surface area contributed by atoms with Gasteiger partial charge in [-0.1, -0.05) is 60.3 Å². The number of para-hydroxylation sites is 1. The highest BCUT2D eigenvalue weighted by atomic mass is 32.2. The van der Waals surface area contributed by atoms with Gasteiger partial charge in [-0.3, -0.25) is 4.79 Å². The van der Waals surface area contributed by atoms with Crippen LogP contribution in [0.2, 0.25) is 0 Å². The molecule has 0 fully saturated rings. The van der Waals surface area contributed by atoms with Gasteiger partial charge in [0, 0.05) is 34.9 Å². The highest BCUT2D eigenvalue weighted by Gasteiger charge is 2.15. The minimum atomic E-state index is -0.203. The maximum atomic E-state index is 12.3. The summed E-state index contributed by atoms with van der Waals surface area (Å²) in [4.78, 5) is 21.0. The number of carbonyl (C=O) groups is 1. The molecule has 0 unspecified atom stereocenters. The van der Waals surface area contributed by atoms with Gasteiger partial charge in [-0.15, -0.1) is 0 Å².